The molecule has 22 heavy (non-hydrogen) atoms. The summed E-state index contributed by atoms with van der Waals surface area (Å²) < 4.78 is 18.5. The lowest BCUT2D eigenvalue weighted by Gasteiger charge is -2.17. The number of nitrogens with one attached hydrogen (secondary N) is 1. The third-order valence-electron chi connectivity index (χ3n) is 3.27. The first-order valence-electron chi connectivity index (χ1n) is 6.79. The molecule has 0 radical (unpaired) electrons. The highest BCUT2D eigenvalue weighted by Crippen LogP contribution is 2.26. The molecule has 0 aliphatic carbocycles. The van der Waals surface area contributed by atoms with Crippen LogP contribution in [0.4, 0.5) is 4.39 Å². The summed E-state index contributed by atoms with van der Waals surface area (Å²) in [5.74, 6) is 0.346. The molecule has 0 spiro atoms. The largest absolute Gasteiger partial charge is 0.456 e. The molecule has 1 amide bonds. The Hall–Kier alpha value is -2.40. The number of thiophene rings is 1. The Morgan fingerprint density at radius 1 is 1.18 bits per heavy atom. The van der Waals surface area contributed by atoms with E-state index in [1.54, 1.807) is 31.2 Å². The zero-order valence-electron chi connectivity index (χ0n) is 11.9. The van der Waals surface area contributed by atoms with Crippen molar-refractivity contribution in [3.8, 4) is 0 Å². The number of furan rings is 1. The highest BCUT2D eigenvalue weighted by atomic mass is 32.1. The second kappa shape index (κ2) is 6.15. The summed E-state index contributed by atoms with van der Waals surface area (Å²) >= 11 is 1.53. The molecular formula is C17H14FNO2S. The van der Waals surface area contributed by atoms with Crippen molar-refractivity contribution in [3.63, 3.8) is 0 Å². The lowest BCUT2D eigenvalue weighted by molar-refractivity contribution is 0.0914. The third kappa shape index (κ3) is 3.09. The molecule has 0 aliphatic rings. The molecule has 2 aromatic heterocycles. The molecule has 112 valence electrons. The van der Waals surface area contributed by atoms with Gasteiger partial charge in [0.15, 0.2) is 5.76 Å². The first kappa shape index (κ1) is 14.5. The zero-order chi connectivity index (χ0) is 15.5. The fraction of sp³-hybridized carbons (Fsp3) is 0.118. The number of rotatable bonds is 4. The van der Waals surface area contributed by atoms with Gasteiger partial charge in [-0.1, -0.05) is 18.2 Å². The van der Waals surface area contributed by atoms with Crippen molar-refractivity contribution >= 4 is 17.2 Å². The van der Waals surface area contributed by atoms with Crippen molar-refractivity contribution in [2.24, 2.45) is 0 Å². The van der Waals surface area contributed by atoms with Gasteiger partial charge in [-0.3, -0.25) is 4.79 Å². The van der Waals surface area contributed by atoms with Gasteiger partial charge in [0.25, 0.3) is 5.91 Å². The average molecular weight is 315 g/mol. The first-order valence-corrected chi connectivity index (χ1v) is 7.67. The van der Waals surface area contributed by atoms with E-state index in [-0.39, 0.29) is 23.5 Å². The maximum Gasteiger partial charge on any atom is 0.287 e. The second-order valence-corrected chi connectivity index (χ2v) is 5.86. The van der Waals surface area contributed by atoms with Gasteiger partial charge >= 0.3 is 0 Å². The Bertz CT molecular complexity index is 762. The SMILES string of the molecule is Cc1ccc(C(=O)NC(c2ccc(F)cc2)c2cccs2)o1. The quantitative estimate of drug-likeness (QED) is 0.779. The fourth-order valence-corrected chi connectivity index (χ4v) is 2.99. The molecule has 1 N–H and O–H groups in total. The molecule has 5 heteroatoms. The van der Waals surface area contributed by atoms with E-state index in [9.17, 15) is 9.18 Å². The molecule has 0 saturated heterocycles. The van der Waals surface area contributed by atoms with E-state index >= 15 is 0 Å². The van der Waals surface area contributed by atoms with Crippen LogP contribution in [-0.2, 0) is 0 Å². The fourth-order valence-electron chi connectivity index (χ4n) is 2.19. The Balaban J connectivity index is 1.89. The van der Waals surface area contributed by atoms with Gasteiger partial charge in [0, 0.05) is 4.88 Å². The minimum atomic E-state index is -0.335. The molecule has 1 unspecified atom stereocenters. The molecular weight excluding hydrogens is 301 g/mol. The van der Waals surface area contributed by atoms with Crippen LogP contribution in [-0.4, -0.2) is 5.91 Å². The summed E-state index contributed by atoms with van der Waals surface area (Å²) in [5.41, 5.74) is 0.820. The van der Waals surface area contributed by atoms with Crippen LogP contribution < -0.4 is 5.32 Å². The van der Waals surface area contributed by atoms with Crippen molar-refractivity contribution < 1.29 is 13.6 Å². The van der Waals surface area contributed by atoms with Crippen molar-refractivity contribution in [3.05, 3.63) is 81.7 Å². The van der Waals surface area contributed by atoms with Crippen LogP contribution in [0.25, 0.3) is 0 Å². The van der Waals surface area contributed by atoms with E-state index in [1.165, 1.54) is 23.5 Å². The van der Waals surface area contributed by atoms with Crippen LogP contribution in [0.1, 0.15) is 32.8 Å². The molecule has 0 aliphatic heterocycles. The normalized spacial score (nSPS) is 12.1. The first-order chi connectivity index (χ1) is 10.6. The topological polar surface area (TPSA) is 42.2 Å². The predicted octanol–water partition coefficient (Wildman–Crippen LogP) is 4.31. The maximum atomic E-state index is 13.1. The Morgan fingerprint density at radius 3 is 2.55 bits per heavy atom. The minimum Gasteiger partial charge on any atom is -0.456 e. The summed E-state index contributed by atoms with van der Waals surface area (Å²) in [7, 11) is 0. The Labute approximate surface area is 131 Å². The summed E-state index contributed by atoms with van der Waals surface area (Å²) in [6.07, 6.45) is 0. The Morgan fingerprint density at radius 2 is 1.95 bits per heavy atom. The van der Waals surface area contributed by atoms with E-state index in [4.69, 9.17) is 4.42 Å². The summed E-state index contributed by atoms with van der Waals surface area (Å²) in [4.78, 5) is 13.3. The van der Waals surface area contributed by atoms with Gasteiger partial charge in [-0.05, 0) is 48.2 Å². The highest BCUT2D eigenvalue weighted by molar-refractivity contribution is 7.10. The summed E-state index contributed by atoms with van der Waals surface area (Å²) in [6, 6.07) is 13.0. The monoisotopic (exact) mass is 315 g/mol. The number of amides is 1. The molecule has 1 aromatic carbocycles. The van der Waals surface area contributed by atoms with Crippen molar-refractivity contribution in [1.82, 2.24) is 5.32 Å². The van der Waals surface area contributed by atoms with Crippen molar-refractivity contribution in [1.29, 1.82) is 0 Å². The molecule has 0 bridgehead atoms. The molecule has 3 rings (SSSR count). The molecule has 0 saturated carbocycles. The van der Waals surface area contributed by atoms with E-state index in [0.717, 1.165) is 10.4 Å². The van der Waals surface area contributed by atoms with Gasteiger partial charge in [0.05, 0.1) is 6.04 Å². The van der Waals surface area contributed by atoms with Crippen LogP contribution in [0.15, 0.2) is 58.3 Å². The number of benzene rings is 1. The molecule has 3 aromatic rings. The van der Waals surface area contributed by atoms with Gasteiger partial charge in [0.2, 0.25) is 0 Å². The van der Waals surface area contributed by atoms with Crippen molar-refractivity contribution in [2.75, 3.05) is 0 Å². The van der Waals surface area contributed by atoms with Crippen LogP contribution >= 0.6 is 11.3 Å². The smallest absolute Gasteiger partial charge is 0.287 e. The number of aryl methyl sites for hydroxylation is 1. The maximum absolute atomic E-state index is 13.1. The van der Waals surface area contributed by atoms with Crippen molar-refractivity contribution in [2.45, 2.75) is 13.0 Å². The van der Waals surface area contributed by atoms with Gasteiger partial charge in [-0.25, -0.2) is 4.39 Å². The zero-order valence-corrected chi connectivity index (χ0v) is 12.7. The molecule has 3 nitrogen and oxygen atoms in total. The van der Waals surface area contributed by atoms with Gasteiger partial charge in [-0.2, -0.15) is 0 Å². The molecule has 0 fully saturated rings. The number of halogens is 1. The lowest BCUT2D eigenvalue weighted by atomic mass is 10.1. The van der Waals surface area contributed by atoms with Crippen LogP contribution in [0, 0.1) is 12.7 Å². The Kier molecular flexibility index (Phi) is 4.06. The predicted molar refractivity (Wildman–Crippen MR) is 83.5 cm³/mol. The molecule has 2 heterocycles. The van der Waals surface area contributed by atoms with Gasteiger partial charge < -0.3 is 9.73 Å². The minimum absolute atomic E-state index is 0.265. The van der Waals surface area contributed by atoms with E-state index < -0.39 is 0 Å². The van der Waals surface area contributed by atoms with Crippen LogP contribution in [0.2, 0.25) is 0 Å². The second-order valence-electron chi connectivity index (χ2n) is 4.88. The third-order valence-corrected chi connectivity index (χ3v) is 4.21. The lowest BCUT2D eigenvalue weighted by Crippen LogP contribution is -2.28. The van der Waals surface area contributed by atoms with E-state index in [2.05, 4.69) is 5.32 Å². The standard InChI is InChI=1S/C17H14FNO2S/c1-11-4-9-14(21-11)17(20)19-16(15-3-2-10-22-15)12-5-7-13(18)8-6-12/h2-10,16H,1H3,(H,19,20). The number of carbonyl (C=O) groups is 1. The van der Waals surface area contributed by atoms with Gasteiger partial charge in [-0.15, -0.1) is 11.3 Å². The summed E-state index contributed by atoms with van der Waals surface area (Å²) in [6.45, 7) is 1.79. The van der Waals surface area contributed by atoms with E-state index in [0.29, 0.717) is 5.76 Å². The number of carbonyl (C=O) groups excluding carboxylic acids is 1. The van der Waals surface area contributed by atoms with Crippen LogP contribution in [0.5, 0.6) is 0 Å². The summed E-state index contributed by atoms with van der Waals surface area (Å²) in [5, 5.41) is 4.88. The van der Waals surface area contributed by atoms with Gasteiger partial charge in [0.1, 0.15) is 11.6 Å². The van der Waals surface area contributed by atoms with Crippen LogP contribution in [0.3, 0.4) is 0 Å². The molecule has 1 atom stereocenters. The van der Waals surface area contributed by atoms with E-state index in [1.807, 2.05) is 17.5 Å². The average Bonchev–Trinajstić information content (AvgIpc) is 3.17. The highest BCUT2D eigenvalue weighted by Gasteiger charge is 2.20. The number of hydrogen-bond acceptors (Lipinski definition) is 3. The number of hydrogen-bond donors (Lipinski definition) is 1.